The lowest BCUT2D eigenvalue weighted by Crippen LogP contribution is -2.34. The fraction of sp³-hybridized carbons (Fsp3) is 0.500. The summed E-state index contributed by atoms with van der Waals surface area (Å²) in [5, 5.41) is 0.578. The predicted octanol–water partition coefficient (Wildman–Crippen LogP) is 0.858. The largest absolute Gasteiger partial charge is 0.300 e. The Bertz CT molecular complexity index is 414. The lowest BCUT2D eigenvalue weighted by atomic mass is 10.2. The molecule has 17 heavy (non-hydrogen) atoms. The van der Waals surface area contributed by atoms with Gasteiger partial charge >= 0.3 is 0 Å². The van der Waals surface area contributed by atoms with Crippen LogP contribution in [0.3, 0.4) is 0 Å². The molecule has 1 aromatic rings. The quantitative estimate of drug-likeness (QED) is 0.474. The number of hydrazine groups is 1. The number of likely N-dealkylation sites (tertiary alicyclic amines) is 1. The van der Waals surface area contributed by atoms with Gasteiger partial charge in [0.05, 0.1) is 6.54 Å². The Balaban J connectivity index is 2.09. The van der Waals surface area contributed by atoms with Crippen LogP contribution in [0.4, 0.5) is 5.13 Å². The van der Waals surface area contributed by atoms with Gasteiger partial charge in [-0.05, 0) is 12.8 Å². The van der Waals surface area contributed by atoms with E-state index >= 15 is 0 Å². The normalized spacial score (nSPS) is 17.1. The van der Waals surface area contributed by atoms with Crippen LogP contribution in [0.5, 0.6) is 0 Å². The van der Waals surface area contributed by atoms with Gasteiger partial charge in [-0.15, -0.1) is 0 Å². The number of anilines is 1. The zero-order chi connectivity index (χ0) is 12.3. The first-order valence-corrected chi connectivity index (χ1v) is 6.27. The summed E-state index contributed by atoms with van der Waals surface area (Å²) in [6.07, 6.45) is 4.11. The zero-order valence-corrected chi connectivity index (χ0v) is 10.1. The van der Waals surface area contributed by atoms with Gasteiger partial charge in [-0.2, -0.15) is 0 Å². The number of rotatable bonds is 3. The Labute approximate surface area is 103 Å². The number of imide groups is 1. The molecule has 2 amide bonds. The smallest absolute Gasteiger partial charge is 0.229 e. The highest BCUT2D eigenvalue weighted by molar-refractivity contribution is 7.15. The minimum atomic E-state index is -0.0943. The van der Waals surface area contributed by atoms with Gasteiger partial charge in [-0.1, -0.05) is 11.3 Å². The van der Waals surface area contributed by atoms with Gasteiger partial charge in [0.1, 0.15) is 0 Å². The molecule has 0 bridgehead atoms. The third kappa shape index (κ3) is 2.80. The van der Waals surface area contributed by atoms with Crippen molar-refractivity contribution in [3.63, 3.8) is 0 Å². The number of aromatic nitrogens is 1. The van der Waals surface area contributed by atoms with Gasteiger partial charge in [-0.25, -0.2) is 10.8 Å². The van der Waals surface area contributed by atoms with Crippen molar-refractivity contribution in [2.24, 2.45) is 5.84 Å². The lowest BCUT2D eigenvalue weighted by molar-refractivity contribution is -0.144. The maximum Gasteiger partial charge on any atom is 0.229 e. The minimum absolute atomic E-state index is 0.0943. The first-order chi connectivity index (χ1) is 8.20. The van der Waals surface area contributed by atoms with Gasteiger partial charge in [0.25, 0.3) is 0 Å². The molecular weight excluding hydrogens is 240 g/mol. The van der Waals surface area contributed by atoms with Crippen LogP contribution in [0.25, 0.3) is 0 Å². The van der Waals surface area contributed by atoms with E-state index in [1.807, 2.05) is 0 Å². The van der Waals surface area contributed by atoms with E-state index in [1.54, 1.807) is 6.20 Å². The highest BCUT2D eigenvalue weighted by Gasteiger charge is 2.24. The Hall–Kier alpha value is -1.47. The number of nitrogens with two attached hydrogens (primary N) is 1. The van der Waals surface area contributed by atoms with Gasteiger partial charge in [0.15, 0.2) is 5.13 Å². The molecule has 0 aliphatic carbocycles. The van der Waals surface area contributed by atoms with Crippen LogP contribution in [0.1, 0.15) is 30.6 Å². The fourth-order valence-electron chi connectivity index (χ4n) is 1.74. The number of carbonyl (C=O) groups excluding carboxylic acids is 2. The second-order valence-corrected chi connectivity index (χ2v) is 4.97. The van der Waals surface area contributed by atoms with E-state index in [2.05, 4.69) is 10.4 Å². The number of hydrogen-bond acceptors (Lipinski definition) is 6. The summed E-state index contributed by atoms with van der Waals surface area (Å²) >= 11 is 1.34. The fourth-order valence-corrected chi connectivity index (χ4v) is 2.45. The Morgan fingerprint density at radius 3 is 2.53 bits per heavy atom. The van der Waals surface area contributed by atoms with Crippen molar-refractivity contribution in [3.05, 3.63) is 11.1 Å². The number of hydrogen-bond donors (Lipinski definition) is 2. The Morgan fingerprint density at radius 1 is 1.35 bits per heavy atom. The van der Waals surface area contributed by atoms with E-state index in [1.165, 1.54) is 16.2 Å². The Kier molecular flexibility index (Phi) is 3.70. The average Bonchev–Trinajstić information content (AvgIpc) is 2.72. The van der Waals surface area contributed by atoms with Crippen molar-refractivity contribution in [2.75, 3.05) is 5.43 Å². The SMILES string of the molecule is NNc1ncc(CN2C(=O)CCCCC2=O)s1. The topological polar surface area (TPSA) is 88.3 Å². The first-order valence-electron chi connectivity index (χ1n) is 5.45. The Morgan fingerprint density at radius 2 is 2.00 bits per heavy atom. The van der Waals surface area contributed by atoms with Crippen LogP contribution in [0.15, 0.2) is 6.20 Å². The molecule has 92 valence electrons. The zero-order valence-electron chi connectivity index (χ0n) is 9.31. The number of carbonyl (C=O) groups is 2. The number of nitrogens with zero attached hydrogens (tertiary/aromatic N) is 2. The van der Waals surface area contributed by atoms with Crippen LogP contribution in [-0.4, -0.2) is 21.7 Å². The van der Waals surface area contributed by atoms with E-state index in [0.29, 0.717) is 24.5 Å². The molecule has 0 spiro atoms. The van der Waals surface area contributed by atoms with E-state index in [4.69, 9.17) is 5.84 Å². The highest BCUT2D eigenvalue weighted by atomic mass is 32.1. The molecule has 2 heterocycles. The molecule has 3 N–H and O–H groups in total. The molecule has 0 atom stereocenters. The van der Waals surface area contributed by atoms with Gasteiger partial charge in [0.2, 0.25) is 11.8 Å². The maximum atomic E-state index is 11.8. The number of amides is 2. The molecule has 1 aliphatic heterocycles. The summed E-state index contributed by atoms with van der Waals surface area (Å²) < 4.78 is 0. The van der Waals surface area contributed by atoms with E-state index in [-0.39, 0.29) is 11.8 Å². The molecule has 0 aromatic carbocycles. The van der Waals surface area contributed by atoms with Crippen LogP contribution in [0.2, 0.25) is 0 Å². The predicted molar refractivity (Wildman–Crippen MR) is 63.9 cm³/mol. The first kappa shape index (κ1) is 12.0. The summed E-state index contributed by atoms with van der Waals surface area (Å²) in [7, 11) is 0. The summed E-state index contributed by atoms with van der Waals surface area (Å²) in [5.41, 5.74) is 2.44. The highest BCUT2D eigenvalue weighted by Crippen LogP contribution is 2.21. The molecule has 1 aromatic heterocycles. The second kappa shape index (κ2) is 5.24. The van der Waals surface area contributed by atoms with Crippen molar-refractivity contribution in [1.29, 1.82) is 0 Å². The van der Waals surface area contributed by atoms with Gasteiger partial charge in [0, 0.05) is 23.9 Å². The molecule has 0 saturated carbocycles. The van der Waals surface area contributed by atoms with Gasteiger partial charge < -0.3 is 0 Å². The van der Waals surface area contributed by atoms with Crippen LogP contribution in [0, 0.1) is 0 Å². The van der Waals surface area contributed by atoms with Crippen molar-refractivity contribution in [1.82, 2.24) is 9.88 Å². The van der Waals surface area contributed by atoms with Gasteiger partial charge in [-0.3, -0.25) is 19.9 Å². The monoisotopic (exact) mass is 254 g/mol. The summed E-state index contributed by atoms with van der Waals surface area (Å²) in [5.74, 6) is 5.04. The standard InChI is InChI=1S/C10H14N4O2S/c11-13-10-12-5-7(17-10)6-14-8(15)3-1-2-4-9(14)16/h5H,1-4,6,11H2,(H,12,13). The summed E-state index contributed by atoms with van der Waals surface area (Å²) in [6, 6.07) is 0. The maximum absolute atomic E-state index is 11.8. The van der Waals surface area contributed by atoms with Crippen molar-refractivity contribution < 1.29 is 9.59 Å². The minimum Gasteiger partial charge on any atom is -0.300 e. The van der Waals surface area contributed by atoms with E-state index in [9.17, 15) is 9.59 Å². The molecular formula is C10H14N4O2S. The number of nitrogen functional groups attached to an aromatic ring is 1. The molecule has 1 fully saturated rings. The van der Waals surface area contributed by atoms with E-state index < -0.39 is 0 Å². The molecule has 7 heteroatoms. The third-order valence-corrected chi connectivity index (χ3v) is 3.54. The van der Waals surface area contributed by atoms with Crippen LogP contribution >= 0.6 is 11.3 Å². The number of nitrogens with one attached hydrogen (secondary N) is 1. The van der Waals surface area contributed by atoms with Crippen LogP contribution < -0.4 is 11.3 Å². The van der Waals surface area contributed by atoms with Crippen molar-refractivity contribution in [2.45, 2.75) is 32.2 Å². The number of thiazole rings is 1. The summed E-state index contributed by atoms with van der Waals surface area (Å²) in [6.45, 7) is 0.303. The van der Waals surface area contributed by atoms with Crippen molar-refractivity contribution in [3.8, 4) is 0 Å². The molecule has 6 nitrogen and oxygen atoms in total. The van der Waals surface area contributed by atoms with Crippen LogP contribution in [-0.2, 0) is 16.1 Å². The van der Waals surface area contributed by atoms with E-state index in [0.717, 1.165) is 17.7 Å². The molecule has 0 unspecified atom stereocenters. The summed E-state index contributed by atoms with van der Waals surface area (Å²) in [4.78, 5) is 29.7. The second-order valence-electron chi connectivity index (χ2n) is 3.86. The molecule has 1 aliphatic rings. The van der Waals surface area contributed by atoms with Crippen molar-refractivity contribution >= 4 is 28.3 Å². The molecule has 2 rings (SSSR count). The average molecular weight is 254 g/mol. The molecule has 1 saturated heterocycles. The third-order valence-electron chi connectivity index (χ3n) is 2.62. The molecule has 0 radical (unpaired) electrons. The lowest BCUT2D eigenvalue weighted by Gasteiger charge is -2.17.